The SMILES string of the molecule is COCCN1CCCC2(CCN(c3cccc(C(=O)N(C)C)n3)C2)C1=O. The molecule has 1 atom stereocenters. The number of carbonyl (C=O) groups is 2. The molecule has 142 valence electrons. The van der Waals surface area contributed by atoms with Crippen LogP contribution in [0.2, 0.25) is 0 Å². The molecule has 0 aliphatic carbocycles. The summed E-state index contributed by atoms with van der Waals surface area (Å²) in [5.74, 6) is 0.903. The second-order valence-corrected chi connectivity index (χ2v) is 7.42. The van der Waals surface area contributed by atoms with E-state index in [-0.39, 0.29) is 17.2 Å². The maximum atomic E-state index is 13.1. The highest BCUT2D eigenvalue weighted by molar-refractivity contribution is 5.92. The Labute approximate surface area is 154 Å². The fourth-order valence-electron chi connectivity index (χ4n) is 3.96. The third kappa shape index (κ3) is 3.53. The topological polar surface area (TPSA) is 66.0 Å². The smallest absolute Gasteiger partial charge is 0.272 e. The van der Waals surface area contributed by atoms with Crippen LogP contribution in [0.25, 0.3) is 0 Å². The third-order valence-electron chi connectivity index (χ3n) is 5.43. The van der Waals surface area contributed by atoms with Crippen molar-refractivity contribution in [3.05, 3.63) is 23.9 Å². The highest BCUT2D eigenvalue weighted by atomic mass is 16.5. The summed E-state index contributed by atoms with van der Waals surface area (Å²) in [6.07, 6.45) is 2.78. The zero-order valence-corrected chi connectivity index (χ0v) is 15.9. The Bertz CT molecular complexity index is 679. The number of pyridine rings is 1. The number of ether oxygens (including phenoxy) is 1. The minimum Gasteiger partial charge on any atom is -0.383 e. The Balaban J connectivity index is 1.75. The van der Waals surface area contributed by atoms with Gasteiger partial charge in [0.15, 0.2) is 0 Å². The Morgan fingerprint density at radius 1 is 1.31 bits per heavy atom. The molecule has 1 aromatic rings. The van der Waals surface area contributed by atoms with Crippen LogP contribution >= 0.6 is 0 Å². The second kappa shape index (κ2) is 7.61. The molecular weight excluding hydrogens is 332 g/mol. The van der Waals surface area contributed by atoms with E-state index in [1.54, 1.807) is 27.3 Å². The van der Waals surface area contributed by atoms with Crippen molar-refractivity contribution in [1.29, 1.82) is 0 Å². The minimum absolute atomic E-state index is 0.111. The Morgan fingerprint density at radius 2 is 2.12 bits per heavy atom. The maximum absolute atomic E-state index is 13.1. The molecule has 0 aromatic carbocycles. The molecule has 2 aliphatic rings. The molecular formula is C19H28N4O3. The Kier molecular flexibility index (Phi) is 5.46. The fraction of sp³-hybridized carbons (Fsp3) is 0.632. The van der Waals surface area contributed by atoms with Gasteiger partial charge in [-0.15, -0.1) is 0 Å². The molecule has 2 amide bonds. The van der Waals surface area contributed by atoms with Crippen molar-refractivity contribution in [3.8, 4) is 0 Å². The summed E-state index contributed by atoms with van der Waals surface area (Å²) in [5, 5.41) is 0. The first-order valence-corrected chi connectivity index (χ1v) is 9.19. The molecule has 0 bridgehead atoms. The van der Waals surface area contributed by atoms with Gasteiger partial charge in [0.2, 0.25) is 5.91 Å². The van der Waals surface area contributed by atoms with Gasteiger partial charge in [0, 0.05) is 47.4 Å². The first-order chi connectivity index (χ1) is 12.5. The van der Waals surface area contributed by atoms with Gasteiger partial charge in [0.05, 0.1) is 12.0 Å². The minimum atomic E-state index is -0.324. The molecule has 26 heavy (non-hydrogen) atoms. The number of amides is 2. The van der Waals surface area contributed by atoms with E-state index in [0.29, 0.717) is 25.4 Å². The normalized spacial score (nSPS) is 23.0. The molecule has 3 rings (SSSR count). The summed E-state index contributed by atoms with van der Waals surface area (Å²) in [6.45, 7) is 3.50. The average Bonchev–Trinajstić information content (AvgIpc) is 3.07. The van der Waals surface area contributed by atoms with Gasteiger partial charge in [0.25, 0.3) is 5.91 Å². The second-order valence-electron chi connectivity index (χ2n) is 7.42. The Morgan fingerprint density at radius 3 is 2.85 bits per heavy atom. The molecule has 1 unspecified atom stereocenters. The van der Waals surface area contributed by atoms with Crippen molar-refractivity contribution in [2.75, 3.05) is 58.9 Å². The number of likely N-dealkylation sites (tertiary alicyclic amines) is 1. The molecule has 7 nitrogen and oxygen atoms in total. The lowest BCUT2D eigenvalue weighted by atomic mass is 9.78. The monoisotopic (exact) mass is 360 g/mol. The highest BCUT2D eigenvalue weighted by Crippen LogP contribution is 2.41. The van der Waals surface area contributed by atoms with Crippen LogP contribution in [-0.2, 0) is 9.53 Å². The first-order valence-electron chi connectivity index (χ1n) is 9.19. The van der Waals surface area contributed by atoms with Crippen LogP contribution in [0.1, 0.15) is 29.8 Å². The molecule has 0 radical (unpaired) electrons. The van der Waals surface area contributed by atoms with Gasteiger partial charge in [-0.05, 0) is 31.4 Å². The van der Waals surface area contributed by atoms with Crippen LogP contribution in [0, 0.1) is 5.41 Å². The molecule has 2 saturated heterocycles. The number of methoxy groups -OCH3 is 1. The molecule has 2 aliphatic heterocycles. The molecule has 2 fully saturated rings. The zero-order chi connectivity index (χ0) is 18.7. The highest BCUT2D eigenvalue weighted by Gasteiger charge is 2.48. The van der Waals surface area contributed by atoms with E-state index in [9.17, 15) is 9.59 Å². The molecule has 0 N–H and O–H groups in total. The van der Waals surface area contributed by atoms with Crippen LogP contribution in [-0.4, -0.2) is 80.6 Å². The number of carbonyl (C=O) groups excluding carboxylic acids is 2. The van der Waals surface area contributed by atoms with Gasteiger partial charge in [0.1, 0.15) is 11.5 Å². The van der Waals surface area contributed by atoms with Gasteiger partial charge < -0.3 is 19.4 Å². The number of hydrogen-bond acceptors (Lipinski definition) is 5. The van der Waals surface area contributed by atoms with Crippen molar-refractivity contribution in [3.63, 3.8) is 0 Å². The van der Waals surface area contributed by atoms with Crippen LogP contribution in [0.3, 0.4) is 0 Å². The Hall–Kier alpha value is -2.15. The van der Waals surface area contributed by atoms with E-state index in [2.05, 4.69) is 9.88 Å². The molecule has 3 heterocycles. The van der Waals surface area contributed by atoms with E-state index < -0.39 is 0 Å². The zero-order valence-electron chi connectivity index (χ0n) is 15.9. The van der Waals surface area contributed by atoms with Crippen molar-refractivity contribution in [1.82, 2.24) is 14.8 Å². The molecule has 0 saturated carbocycles. The summed E-state index contributed by atoms with van der Waals surface area (Å²) >= 11 is 0. The van der Waals surface area contributed by atoms with E-state index in [0.717, 1.165) is 38.2 Å². The first kappa shape index (κ1) is 18.6. The number of anilines is 1. The lowest BCUT2D eigenvalue weighted by molar-refractivity contribution is -0.145. The summed E-state index contributed by atoms with van der Waals surface area (Å²) in [4.78, 5) is 35.4. The molecule has 1 spiro atoms. The number of hydrogen-bond donors (Lipinski definition) is 0. The van der Waals surface area contributed by atoms with Gasteiger partial charge in [-0.25, -0.2) is 4.98 Å². The predicted molar refractivity (Wildman–Crippen MR) is 99.2 cm³/mol. The summed E-state index contributed by atoms with van der Waals surface area (Å²) in [5.41, 5.74) is 0.111. The summed E-state index contributed by atoms with van der Waals surface area (Å²) < 4.78 is 5.14. The van der Waals surface area contributed by atoms with Crippen LogP contribution in [0.5, 0.6) is 0 Å². The lowest BCUT2D eigenvalue weighted by Gasteiger charge is -2.39. The molecule has 1 aromatic heterocycles. The van der Waals surface area contributed by atoms with Gasteiger partial charge >= 0.3 is 0 Å². The van der Waals surface area contributed by atoms with Gasteiger partial charge in [-0.2, -0.15) is 0 Å². The maximum Gasteiger partial charge on any atom is 0.272 e. The largest absolute Gasteiger partial charge is 0.383 e. The number of rotatable bonds is 5. The number of nitrogens with zero attached hydrogens (tertiary/aromatic N) is 4. The average molecular weight is 360 g/mol. The quantitative estimate of drug-likeness (QED) is 0.791. The number of piperidine rings is 1. The summed E-state index contributed by atoms with van der Waals surface area (Å²) in [7, 11) is 5.10. The van der Waals surface area contributed by atoms with E-state index in [1.807, 2.05) is 17.0 Å². The fourth-order valence-corrected chi connectivity index (χ4v) is 3.96. The van der Waals surface area contributed by atoms with Crippen molar-refractivity contribution in [2.24, 2.45) is 5.41 Å². The lowest BCUT2D eigenvalue weighted by Crippen LogP contribution is -2.51. The van der Waals surface area contributed by atoms with Crippen LogP contribution in [0.15, 0.2) is 18.2 Å². The standard InChI is InChI=1S/C19H28N4O3/c1-21(2)17(24)15-6-4-7-16(20-15)23-11-9-19(14-23)8-5-10-22(18(19)25)12-13-26-3/h4,6-7H,5,8-14H2,1-3H3. The van der Waals surface area contributed by atoms with Gasteiger partial charge in [-0.3, -0.25) is 9.59 Å². The third-order valence-corrected chi connectivity index (χ3v) is 5.43. The van der Waals surface area contributed by atoms with E-state index in [1.165, 1.54) is 4.90 Å². The van der Waals surface area contributed by atoms with E-state index in [4.69, 9.17) is 4.74 Å². The number of aromatic nitrogens is 1. The van der Waals surface area contributed by atoms with Crippen LogP contribution < -0.4 is 4.90 Å². The molecule has 7 heteroatoms. The van der Waals surface area contributed by atoms with Crippen molar-refractivity contribution < 1.29 is 14.3 Å². The van der Waals surface area contributed by atoms with Crippen molar-refractivity contribution in [2.45, 2.75) is 19.3 Å². The predicted octanol–water partition coefficient (Wildman–Crippen LogP) is 1.25. The van der Waals surface area contributed by atoms with Crippen molar-refractivity contribution >= 4 is 17.6 Å². The summed E-state index contributed by atoms with van der Waals surface area (Å²) in [6, 6.07) is 5.51. The van der Waals surface area contributed by atoms with Gasteiger partial charge in [-0.1, -0.05) is 6.07 Å². The van der Waals surface area contributed by atoms with Crippen LogP contribution in [0.4, 0.5) is 5.82 Å². The van der Waals surface area contributed by atoms with E-state index >= 15 is 0 Å².